The van der Waals surface area contributed by atoms with E-state index in [0.717, 1.165) is 17.5 Å². The van der Waals surface area contributed by atoms with Gasteiger partial charge in [-0.1, -0.05) is 96.1 Å². The van der Waals surface area contributed by atoms with Gasteiger partial charge >= 0.3 is 0 Å². The summed E-state index contributed by atoms with van der Waals surface area (Å²) in [6.07, 6.45) is 2.02. The van der Waals surface area contributed by atoms with Gasteiger partial charge in [0.15, 0.2) is 16.6 Å². The molecule has 0 saturated carbocycles. The van der Waals surface area contributed by atoms with Crippen molar-refractivity contribution < 1.29 is 18.8 Å². The summed E-state index contributed by atoms with van der Waals surface area (Å²) >= 11 is 0. The van der Waals surface area contributed by atoms with Crippen molar-refractivity contribution in [2.75, 3.05) is 6.61 Å². The fourth-order valence-corrected chi connectivity index (χ4v) is 7.89. The summed E-state index contributed by atoms with van der Waals surface area (Å²) in [4.78, 5) is 14.7. The van der Waals surface area contributed by atoms with Gasteiger partial charge in [-0.25, -0.2) is 0 Å². The number of hydrogen-bond acceptors (Lipinski definition) is 4. The van der Waals surface area contributed by atoms with E-state index in [1.807, 2.05) is 24.3 Å². The molecule has 5 nitrogen and oxygen atoms in total. The molecule has 2 N–H and O–H groups in total. The second-order valence-corrected chi connectivity index (χ2v) is 24.1. The van der Waals surface area contributed by atoms with Gasteiger partial charge in [-0.05, 0) is 65.8 Å². The van der Waals surface area contributed by atoms with E-state index in [1.54, 1.807) is 0 Å². The maximum absolute atomic E-state index is 14.7. The standard InChI is InChI=1S/C33H53NO4Si2/c1-31(2,3)39(7,8)37-28-23-26-19-14-15-20-27(26)29(28)34-30(36)33(21-16-22-35,24-25-17-12-11-13-18-25)38-40(9,10)32(4,5)6/h11-15,17-20,28-29,35H,16,21-24H2,1-10H3,(H,34,36)/t28-,29+,33+/m1/s1. The zero-order valence-electron chi connectivity index (χ0n) is 26.6. The summed E-state index contributed by atoms with van der Waals surface area (Å²) in [5.41, 5.74) is 2.30. The average Bonchev–Trinajstić information content (AvgIpc) is 3.17. The summed E-state index contributed by atoms with van der Waals surface area (Å²) in [5.74, 6) is -0.111. The molecule has 0 fully saturated rings. The highest BCUT2D eigenvalue weighted by Gasteiger charge is 2.50. The lowest BCUT2D eigenvalue weighted by Gasteiger charge is -2.46. The monoisotopic (exact) mass is 583 g/mol. The van der Waals surface area contributed by atoms with Crippen LogP contribution in [0.5, 0.6) is 0 Å². The average molecular weight is 584 g/mol. The fourth-order valence-electron chi connectivity index (χ4n) is 5.01. The van der Waals surface area contributed by atoms with Crippen LogP contribution in [0, 0.1) is 0 Å². The lowest BCUT2D eigenvalue weighted by Crippen LogP contribution is -2.59. The van der Waals surface area contributed by atoms with E-state index in [2.05, 4.69) is 103 Å². The van der Waals surface area contributed by atoms with Crippen LogP contribution in [-0.4, -0.2) is 46.0 Å². The quantitative estimate of drug-likeness (QED) is 0.268. The SMILES string of the molecule is CC(C)(C)[Si](C)(C)O[C@@H]1Cc2ccccc2[C@@H]1NC(=O)[C@](CCCO)(Cc1ccccc1)O[Si](C)(C)C(C)(C)C. The van der Waals surface area contributed by atoms with E-state index in [1.165, 1.54) is 5.56 Å². The highest BCUT2D eigenvalue weighted by Crippen LogP contribution is 2.44. The second-order valence-electron chi connectivity index (χ2n) is 14.6. The van der Waals surface area contributed by atoms with Crippen LogP contribution in [0.2, 0.25) is 36.3 Å². The Morgan fingerprint density at radius 1 is 0.900 bits per heavy atom. The van der Waals surface area contributed by atoms with E-state index < -0.39 is 22.2 Å². The Labute approximate surface area is 245 Å². The molecule has 3 rings (SSSR count). The Kier molecular flexibility index (Phi) is 10.00. The highest BCUT2D eigenvalue weighted by molar-refractivity contribution is 6.74. The topological polar surface area (TPSA) is 67.8 Å². The van der Waals surface area contributed by atoms with Crippen molar-refractivity contribution in [1.82, 2.24) is 5.32 Å². The first-order chi connectivity index (χ1) is 18.4. The van der Waals surface area contributed by atoms with Crippen LogP contribution in [0.4, 0.5) is 0 Å². The van der Waals surface area contributed by atoms with E-state index in [4.69, 9.17) is 8.85 Å². The maximum Gasteiger partial charge on any atom is 0.252 e. The molecule has 0 heterocycles. The van der Waals surface area contributed by atoms with Gasteiger partial charge in [-0.3, -0.25) is 4.79 Å². The first-order valence-corrected chi connectivity index (χ1v) is 20.7. The van der Waals surface area contributed by atoms with Crippen molar-refractivity contribution in [3.8, 4) is 0 Å². The van der Waals surface area contributed by atoms with Crippen LogP contribution in [0.1, 0.15) is 77.1 Å². The molecule has 222 valence electrons. The molecule has 1 aliphatic carbocycles. The molecular weight excluding hydrogens is 531 g/mol. The summed E-state index contributed by atoms with van der Waals surface area (Å²) in [6, 6.07) is 18.2. The molecule has 40 heavy (non-hydrogen) atoms. The molecule has 0 aliphatic heterocycles. The summed E-state index contributed by atoms with van der Waals surface area (Å²) in [7, 11) is -4.48. The molecule has 2 aromatic rings. The first kappa shape index (κ1) is 32.7. The minimum absolute atomic E-state index is 0.00799. The van der Waals surface area contributed by atoms with Crippen molar-refractivity contribution in [2.24, 2.45) is 0 Å². The van der Waals surface area contributed by atoms with Gasteiger partial charge in [0.25, 0.3) is 5.91 Å². The lowest BCUT2D eigenvalue weighted by molar-refractivity contribution is -0.140. The van der Waals surface area contributed by atoms with Crippen molar-refractivity contribution in [3.63, 3.8) is 0 Å². The van der Waals surface area contributed by atoms with Crippen LogP contribution in [0.15, 0.2) is 54.6 Å². The third-order valence-corrected chi connectivity index (χ3v) is 18.5. The Hall–Kier alpha value is -1.78. The first-order valence-electron chi connectivity index (χ1n) is 14.8. The summed E-state index contributed by atoms with van der Waals surface area (Å²) < 4.78 is 14.1. The number of carbonyl (C=O) groups is 1. The van der Waals surface area contributed by atoms with E-state index >= 15 is 0 Å². The van der Waals surface area contributed by atoms with Gasteiger partial charge in [0.1, 0.15) is 5.60 Å². The van der Waals surface area contributed by atoms with Crippen molar-refractivity contribution in [3.05, 3.63) is 71.3 Å². The molecular formula is C33H53NO4Si2. The number of benzene rings is 2. The zero-order chi connectivity index (χ0) is 30.0. The number of nitrogens with one attached hydrogen (secondary N) is 1. The Balaban J connectivity index is 2.06. The Bertz CT molecular complexity index is 1140. The third kappa shape index (κ3) is 7.34. The van der Waals surface area contributed by atoms with E-state index in [-0.39, 0.29) is 34.7 Å². The molecule has 3 atom stereocenters. The number of hydrogen-bond donors (Lipinski definition) is 2. The van der Waals surface area contributed by atoms with E-state index in [9.17, 15) is 9.90 Å². The minimum atomic E-state index is -2.38. The van der Waals surface area contributed by atoms with Gasteiger partial charge in [0, 0.05) is 19.4 Å². The molecule has 1 aliphatic rings. The summed E-state index contributed by atoms with van der Waals surface area (Å²) in [5, 5.41) is 13.4. The van der Waals surface area contributed by atoms with Gasteiger partial charge in [-0.15, -0.1) is 0 Å². The number of rotatable bonds is 11. The smallest absolute Gasteiger partial charge is 0.252 e. The molecule has 1 amide bonds. The molecule has 0 aromatic heterocycles. The van der Waals surface area contributed by atoms with Crippen LogP contribution in [0.25, 0.3) is 0 Å². The largest absolute Gasteiger partial charge is 0.411 e. The Morgan fingerprint density at radius 2 is 1.48 bits per heavy atom. The fraction of sp³-hybridized carbons (Fsp3) is 0.606. The van der Waals surface area contributed by atoms with Gasteiger partial charge < -0.3 is 19.3 Å². The molecule has 0 spiro atoms. The van der Waals surface area contributed by atoms with Gasteiger partial charge in [0.05, 0.1) is 12.1 Å². The third-order valence-electron chi connectivity index (χ3n) is 9.46. The number of fused-ring (bicyclic) bond motifs is 1. The molecule has 0 saturated heterocycles. The molecule has 0 bridgehead atoms. The normalized spacial score (nSPS) is 19.7. The molecule has 0 unspecified atom stereocenters. The molecule has 0 radical (unpaired) electrons. The zero-order valence-corrected chi connectivity index (χ0v) is 28.6. The molecule has 2 aromatic carbocycles. The van der Waals surface area contributed by atoms with Crippen molar-refractivity contribution in [2.45, 2.75) is 121 Å². The van der Waals surface area contributed by atoms with Crippen LogP contribution in [-0.2, 0) is 26.5 Å². The number of aliphatic hydroxyl groups is 1. The number of amides is 1. The molecule has 7 heteroatoms. The van der Waals surface area contributed by atoms with Gasteiger partial charge in [-0.2, -0.15) is 0 Å². The maximum atomic E-state index is 14.7. The second kappa shape index (κ2) is 12.2. The van der Waals surface area contributed by atoms with E-state index in [0.29, 0.717) is 19.3 Å². The predicted molar refractivity (Wildman–Crippen MR) is 171 cm³/mol. The predicted octanol–water partition coefficient (Wildman–Crippen LogP) is 7.57. The minimum Gasteiger partial charge on any atom is -0.411 e. The lowest BCUT2D eigenvalue weighted by atomic mass is 9.88. The van der Waals surface area contributed by atoms with Crippen LogP contribution >= 0.6 is 0 Å². The number of carbonyl (C=O) groups excluding carboxylic acids is 1. The van der Waals surface area contributed by atoms with Crippen LogP contribution < -0.4 is 5.32 Å². The van der Waals surface area contributed by atoms with Crippen LogP contribution in [0.3, 0.4) is 0 Å². The number of aliphatic hydroxyl groups excluding tert-OH is 1. The summed E-state index contributed by atoms with van der Waals surface area (Å²) in [6.45, 7) is 22.3. The highest BCUT2D eigenvalue weighted by atomic mass is 28.4. The van der Waals surface area contributed by atoms with Gasteiger partial charge in [0.2, 0.25) is 0 Å². The Morgan fingerprint density at radius 3 is 2.05 bits per heavy atom. The van der Waals surface area contributed by atoms with Crippen molar-refractivity contribution in [1.29, 1.82) is 0 Å². The van der Waals surface area contributed by atoms with Crippen molar-refractivity contribution >= 4 is 22.5 Å².